The molecule has 0 amide bonds. The molecule has 0 bridgehead atoms. The molecule has 0 N–H and O–H groups in total. The van der Waals surface area contributed by atoms with Gasteiger partial charge < -0.3 is 9.47 Å². The van der Waals surface area contributed by atoms with Crippen molar-refractivity contribution in [2.45, 2.75) is 25.7 Å². The summed E-state index contributed by atoms with van der Waals surface area (Å²) in [5, 5.41) is 0. The Labute approximate surface area is 124 Å². The van der Waals surface area contributed by atoms with Crippen molar-refractivity contribution in [1.82, 2.24) is 0 Å². The molecule has 0 saturated carbocycles. The Morgan fingerprint density at radius 3 is 2.19 bits per heavy atom. The van der Waals surface area contributed by atoms with Gasteiger partial charge in [0.15, 0.2) is 5.41 Å². The Hall–Kier alpha value is -2.10. The summed E-state index contributed by atoms with van der Waals surface area (Å²) in [7, 11) is 2.61. The maximum Gasteiger partial charge on any atom is 0.324 e. The lowest BCUT2D eigenvalue weighted by atomic mass is 9.64. The summed E-state index contributed by atoms with van der Waals surface area (Å²) in [4.78, 5) is 24.9. The highest BCUT2D eigenvalue weighted by Gasteiger charge is 2.55. The van der Waals surface area contributed by atoms with Crippen molar-refractivity contribution in [2.75, 3.05) is 14.2 Å². The van der Waals surface area contributed by atoms with Crippen LogP contribution in [-0.4, -0.2) is 26.2 Å². The Balaban J connectivity index is 2.58. The highest BCUT2D eigenvalue weighted by molar-refractivity contribution is 6.01. The van der Waals surface area contributed by atoms with Crippen molar-refractivity contribution in [3.05, 3.63) is 47.5 Å². The zero-order valence-corrected chi connectivity index (χ0v) is 12.6. The van der Waals surface area contributed by atoms with Gasteiger partial charge in [-0.2, -0.15) is 0 Å². The van der Waals surface area contributed by atoms with E-state index in [1.807, 2.05) is 43.3 Å². The van der Waals surface area contributed by atoms with E-state index in [1.165, 1.54) is 14.2 Å². The van der Waals surface area contributed by atoms with Crippen LogP contribution in [0.25, 0.3) is 0 Å². The van der Waals surface area contributed by atoms with Gasteiger partial charge >= 0.3 is 11.9 Å². The van der Waals surface area contributed by atoms with Gasteiger partial charge in [-0.3, -0.25) is 9.59 Å². The molecule has 1 atom stereocenters. The Morgan fingerprint density at radius 2 is 1.67 bits per heavy atom. The highest BCUT2D eigenvalue weighted by Crippen LogP contribution is 2.48. The number of ether oxygens (including phenoxy) is 2. The SMILES string of the molecule is COC(=O)C1(C(=O)OC)CC=C(C)CC1c1ccccc1. The van der Waals surface area contributed by atoms with E-state index in [0.717, 1.165) is 11.1 Å². The van der Waals surface area contributed by atoms with Crippen LogP contribution < -0.4 is 0 Å². The van der Waals surface area contributed by atoms with Crippen LogP contribution in [0.3, 0.4) is 0 Å². The van der Waals surface area contributed by atoms with E-state index in [9.17, 15) is 9.59 Å². The van der Waals surface area contributed by atoms with E-state index < -0.39 is 17.4 Å². The summed E-state index contributed by atoms with van der Waals surface area (Å²) >= 11 is 0. The number of carbonyl (C=O) groups is 2. The van der Waals surface area contributed by atoms with Crippen molar-refractivity contribution in [3.63, 3.8) is 0 Å². The molecule has 0 fully saturated rings. The van der Waals surface area contributed by atoms with Gasteiger partial charge in [-0.25, -0.2) is 0 Å². The minimum absolute atomic E-state index is 0.274. The summed E-state index contributed by atoms with van der Waals surface area (Å²) in [6, 6.07) is 9.59. The third-order valence-corrected chi connectivity index (χ3v) is 4.19. The van der Waals surface area contributed by atoms with Crippen LogP contribution in [-0.2, 0) is 19.1 Å². The lowest BCUT2D eigenvalue weighted by Crippen LogP contribution is -2.47. The highest BCUT2D eigenvalue weighted by atomic mass is 16.5. The maximum absolute atomic E-state index is 12.4. The molecule has 1 unspecified atom stereocenters. The fraction of sp³-hybridized carbons (Fsp3) is 0.412. The molecule has 4 nitrogen and oxygen atoms in total. The molecule has 0 saturated heterocycles. The van der Waals surface area contributed by atoms with Crippen LogP contribution in [0.1, 0.15) is 31.2 Å². The summed E-state index contributed by atoms with van der Waals surface area (Å²) in [6.45, 7) is 2.01. The normalized spacial score (nSPS) is 20.3. The molecule has 0 heterocycles. The zero-order chi connectivity index (χ0) is 15.5. The molecule has 4 heteroatoms. The monoisotopic (exact) mass is 288 g/mol. The zero-order valence-electron chi connectivity index (χ0n) is 12.6. The Bertz CT molecular complexity index is 543. The van der Waals surface area contributed by atoms with Crippen LogP contribution in [0.5, 0.6) is 0 Å². The van der Waals surface area contributed by atoms with E-state index in [2.05, 4.69) is 0 Å². The molecule has 1 aliphatic rings. The standard InChI is InChI=1S/C17H20O4/c1-12-9-10-17(15(18)20-2,16(19)21-3)14(11-12)13-7-5-4-6-8-13/h4-9,14H,10-11H2,1-3H3. The largest absolute Gasteiger partial charge is 0.468 e. The van der Waals surface area contributed by atoms with Crippen LogP contribution in [0.2, 0.25) is 0 Å². The van der Waals surface area contributed by atoms with Gasteiger partial charge in [-0.05, 0) is 25.3 Å². The van der Waals surface area contributed by atoms with Crippen molar-refractivity contribution < 1.29 is 19.1 Å². The molecule has 0 aliphatic heterocycles. The van der Waals surface area contributed by atoms with E-state index >= 15 is 0 Å². The number of hydrogen-bond donors (Lipinski definition) is 0. The average molecular weight is 288 g/mol. The van der Waals surface area contributed by atoms with Crippen LogP contribution in [0.4, 0.5) is 0 Å². The first-order chi connectivity index (χ1) is 10.1. The third kappa shape index (κ3) is 2.58. The maximum atomic E-state index is 12.4. The summed E-state index contributed by atoms with van der Waals surface area (Å²) in [6.07, 6.45) is 2.86. The Kier molecular flexibility index (Phi) is 4.46. The topological polar surface area (TPSA) is 52.6 Å². The number of rotatable bonds is 3. The second-order valence-corrected chi connectivity index (χ2v) is 5.38. The van der Waals surface area contributed by atoms with E-state index in [4.69, 9.17) is 9.47 Å². The van der Waals surface area contributed by atoms with Crippen LogP contribution in [0.15, 0.2) is 42.0 Å². The molecular formula is C17H20O4. The molecule has 0 spiro atoms. The molecule has 21 heavy (non-hydrogen) atoms. The lowest BCUT2D eigenvalue weighted by Gasteiger charge is -2.38. The van der Waals surface area contributed by atoms with E-state index in [1.54, 1.807) is 0 Å². The van der Waals surface area contributed by atoms with Gasteiger partial charge in [0.05, 0.1) is 14.2 Å². The van der Waals surface area contributed by atoms with Gasteiger partial charge in [0.25, 0.3) is 0 Å². The number of benzene rings is 1. The quantitative estimate of drug-likeness (QED) is 0.487. The molecular weight excluding hydrogens is 268 g/mol. The average Bonchev–Trinajstić information content (AvgIpc) is 2.54. The molecule has 0 radical (unpaired) electrons. The smallest absolute Gasteiger partial charge is 0.324 e. The second-order valence-electron chi connectivity index (χ2n) is 5.38. The molecule has 1 aliphatic carbocycles. The van der Waals surface area contributed by atoms with E-state index in [0.29, 0.717) is 12.8 Å². The molecule has 112 valence electrons. The molecule has 0 aromatic heterocycles. The van der Waals surface area contributed by atoms with Crippen LogP contribution >= 0.6 is 0 Å². The molecule has 1 aromatic carbocycles. The minimum atomic E-state index is -1.30. The predicted octanol–water partition coefficient (Wildman–Crippen LogP) is 2.84. The third-order valence-electron chi connectivity index (χ3n) is 4.19. The van der Waals surface area contributed by atoms with Gasteiger partial charge in [0.1, 0.15) is 0 Å². The van der Waals surface area contributed by atoms with Gasteiger partial charge in [0.2, 0.25) is 0 Å². The first-order valence-electron chi connectivity index (χ1n) is 6.93. The number of methoxy groups -OCH3 is 2. The first kappa shape index (κ1) is 15.3. The number of esters is 2. The van der Waals surface area contributed by atoms with E-state index in [-0.39, 0.29) is 5.92 Å². The first-order valence-corrected chi connectivity index (χ1v) is 6.93. The van der Waals surface area contributed by atoms with Crippen molar-refractivity contribution in [1.29, 1.82) is 0 Å². The predicted molar refractivity (Wildman–Crippen MR) is 78.6 cm³/mol. The number of hydrogen-bond acceptors (Lipinski definition) is 4. The number of allylic oxidation sites excluding steroid dienone is 2. The van der Waals surface area contributed by atoms with Gasteiger partial charge in [0, 0.05) is 5.92 Å². The summed E-state index contributed by atoms with van der Waals surface area (Å²) in [5.41, 5.74) is 0.803. The molecule has 1 aromatic rings. The van der Waals surface area contributed by atoms with Crippen molar-refractivity contribution in [3.8, 4) is 0 Å². The van der Waals surface area contributed by atoms with Gasteiger partial charge in [-0.15, -0.1) is 0 Å². The van der Waals surface area contributed by atoms with Crippen molar-refractivity contribution >= 4 is 11.9 Å². The number of carbonyl (C=O) groups excluding carboxylic acids is 2. The fourth-order valence-corrected chi connectivity index (χ4v) is 3.04. The van der Waals surface area contributed by atoms with Gasteiger partial charge in [-0.1, -0.05) is 42.0 Å². The Morgan fingerprint density at radius 1 is 1.10 bits per heavy atom. The van der Waals surface area contributed by atoms with Crippen LogP contribution in [0, 0.1) is 5.41 Å². The summed E-state index contributed by atoms with van der Waals surface area (Å²) < 4.78 is 9.87. The lowest BCUT2D eigenvalue weighted by molar-refractivity contribution is -0.171. The molecule has 2 rings (SSSR count). The summed E-state index contributed by atoms with van der Waals surface area (Å²) in [5.74, 6) is -1.34. The fourth-order valence-electron chi connectivity index (χ4n) is 3.04. The van der Waals surface area contributed by atoms with Crippen molar-refractivity contribution in [2.24, 2.45) is 5.41 Å². The second kappa shape index (κ2) is 6.12. The minimum Gasteiger partial charge on any atom is -0.468 e.